The summed E-state index contributed by atoms with van der Waals surface area (Å²) in [7, 11) is 0. The molecule has 4 bridgehead atoms. The molecule has 0 aliphatic heterocycles. The van der Waals surface area contributed by atoms with E-state index in [2.05, 4.69) is 12.7 Å². The van der Waals surface area contributed by atoms with Crippen LogP contribution in [0.2, 0.25) is 0 Å². The van der Waals surface area contributed by atoms with E-state index in [0.717, 1.165) is 31.1 Å². The van der Waals surface area contributed by atoms with Gasteiger partial charge in [0.1, 0.15) is 0 Å². The fraction of sp³-hybridized carbons (Fsp3) is 1.00. The Labute approximate surface area is 92.2 Å². The zero-order valence-electron chi connectivity index (χ0n) is 9.84. The van der Waals surface area contributed by atoms with Crippen LogP contribution in [-0.2, 0) is 0 Å². The summed E-state index contributed by atoms with van der Waals surface area (Å²) >= 11 is 0. The highest BCUT2D eigenvalue weighted by Gasteiger charge is 2.59. The van der Waals surface area contributed by atoms with Crippen molar-refractivity contribution in [2.75, 3.05) is 0 Å². The average molecular weight is 210 g/mol. The second-order valence-corrected chi connectivity index (χ2v) is 6.65. The summed E-state index contributed by atoms with van der Waals surface area (Å²) < 4.78 is 0. The molecule has 0 aromatic heterocycles. The Kier molecular flexibility index (Phi) is 2.01. The van der Waals surface area contributed by atoms with Crippen LogP contribution in [0.25, 0.3) is 0 Å². The van der Waals surface area contributed by atoms with Gasteiger partial charge in [0, 0.05) is 5.41 Å². The van der Waals surface area contributed by atoms with E-state index in [9.17, 15) is 5.11 Å². The summed E-state index contributed by atoms with van der Waals surface area (Å²) in [6, 6.07) is 0.565. The maximum atomic E-state index is 10.6. The lowest BCUT2D eigenvalue weighted by molar-refractivity contribution is -0.461. The van der Waals surface area contributed by atoms with Gasteiger partial charge >= 0.3 is 0 Å². The van der Waals surface area contributed by atoms with Crippen molar-refractivity contribution in [2.45, 2.75) is 63.5 Å². The SMILES string of the molecule is CC[C@H]([NH3+])C12C[C@@H]3C[C@H](CC(O)(C3)C1)C2. The van der Waals surface area contributed by atoms with E-state index in [-0.39, 0.29) is 5.60 Å². The van der Waals surface area contributed by atoms with Crippen LogP contribution in [-0.4, -0.2) is 16.7 Å². The van der Waals surface area contributed by atoms with Gasteiger partial charge in [-0.15, -0.1) is 0 Å². The Hall–Kier alpha value is -0.0800. The standard InChI is InChI=1S/C13H23NO/c1-2-11(14)12-4-9-3-10(5-12)7-13(15,6-9)8-12/h9-11,15H,2-8,14H2,1H3/p+1/t9-,10-,11-,12?,13?/m0/s1. The lowest BCUT2D eigenvalue weighted by atomic mass is 9.46. The molecule has 0 aromatic carbocycles. The molecule has 0 radical (unpaired) electrons. The highest BCUT2D eigenvalue weighted by Crippen LogP contribution is 2.62. The number of hydrogen-bond donors (Lipinski definition) is 2. The molecular formula is C13H24NO+. The molecule has 2 heteroatoms. The van der Waals surface area contributed by atoms with Gasteiger partial charge in [0.2, 0.25) is 0 Å². The first-order valence-corrected chi connectivity index (χ1v) is 6.61. The van der Waals surface area contributed by atoms with Crippen LogP contribution in [0, 0.1) is 17.3 Å². The molecule has 4 saturated carbocycles. The predicted molar refractivity (Wildman–Crippen MR) is 59.0 cm³/mol. The molecule has 86 valence electrons. The van der Waals surface area contributed by atoms with E-state index >= 15 is 0 Å². The number of hydrogen-bond acceptors (Lipinski definition) is 1. The molecule has 4 rings (SSSR count). The molecule has 3 atom stereocenters. The summed E-state index contributed by atoms with van der Waals surface area (Å²) in [5.41, 5.74) is 4.48. The van der Waals surface area contributed by atoms with Crippen LogP contribution in [0.5, 0.6) is 0 Å². The number of rotatable bonds is 2. The molecule has 0 saturated heterocycles. The lowest BCUT2D eigenvalue weighted by Gasteiger charge is -2.60. The van der Waals surface area contributed by atoms with Crippen LogP contribution in [0.4, 0.5) is 0 Å². The lowest BCUT2D eigenvalue weighted by Crippen LogP contribution is -2.73. The Morgan fingerprint density at radius 2 is 1.87 bits per heavy atom. The van der Waals surface area contributed by atoms with Crippen molar-refractivity contribution in [3.8, 4) is 0 Å². The molecule has 4 aliphatic rings. The Morgan fingerprint density at radius 1 is 1.27 bits per heavy atom. The second-order valence-electron chi connectivity index (χ2n) is 6.65. The van der Waals surface area contributed by atoms with Crippen LogP contribution in [0.1, 0.15) is 51.9 Å². The maximum Gasteiger partial charge on any atom is 0.0899 e. The normalized spacial score (nSPS) is 54.6. The van der Waals surface area contributed by atoms with Gasteiger partial charge in [0.15, 0.2) is 0 Å². The molecule has 0 spiro atoms. The van der Waals surface area contributed by atoms with Crippen LogP contribution in [0.3, 0.4) is 0 Å². The van der Waals surface area contributed by atoms with E-state index in [1.807, 2.05) is 0 Å². The van der Waals surface area contributed by atoms with Crippen molar-refractivity contribution >= 4 is 0 Å². The molecule has 4 fully saturated rings. The Balaban J connectivity index is 1.92. The van der Waals surface area contributed by atoms with E-state index < -0.39 is 0 Å². The third-order valence-electron chi connectivity index (χ3n) is 5.43. The van der Waals surface area contributed by atoms with Crippen LogP contribution >= 0.6 is 0 Å². The van der Waals surface area contributed by atoms with Crippen molar-refractivity contribution in [1.82, 2.24) is 0 Å². The van der Waals surface area contributed by atoms with E-state index in [1.54, 1.807) is 0 Å². The minimum absolute atomic E-state index is 0.296. The van der Waals surface area contributed by atoms with Crippen molar-refractivity contribution in [2.24, 2.45) is 17.3 Å². The third-order valence-corrected chi connectivity index (χ3v) is 5.43. The molecule has 15 heavy (non-hydrogen) atoms. The van der Waals surface area contributed by atoms with E-state index in [1.165, 1.54) is 25.7 Å². The van der Waals surface area contributed by atoms with Gasteiger partial charge in [0.25, 0.3) is 0 Å². The quantitative estimate of drug-likeness (QED) is 0.710. The van der Waals surface area contributed by atoms with E-state index in [0.29, 0.717) is 11.5 Å². The van der Waals surface area contributed by atoms with Crippen molar-refractivity contribution in [3.05, 3.63) is 0 Å². The Bertz CT molecular complexity index is 262. The van der Waals surface area contributed by atoms with E-state index in [4.69, 9.17) is 0 Å². The highest BCUT2D eigenvalue weighted by molar-refractivity contribution is 5.09. The van der Waals surface area contributed by atoms with Gasteiger partial charge in [-0.1, -0.05) is 6.92 Å². The number of aliphatic hydroxyl groups is 1. The van der Waals surface area contributed by atoms with Gasteiger partial charge in [-0.25, -0.2) is 0 Å². The molecule has 4 N–H and O–H groups in total. The summed E-state index contributed by atoms with van der Waals surface area (Å²) in [4.78, 5) is 0. The largest absolute Gasteiger partial charge is 0.390 e. The minimum Gasteiger partial charge on any atom is -0.390 e. The molecule has 0 heterocycles. The van der Waals surface area contributed by atoms with Gasteiger partial charge in [0.05, 0.1) is 11.6 Å². The first kappa shape index (κ1) is 10.1. The topological polar surface area (TPSA) is 47.9 Å². The molecule has 0 amide bonds. The average Bonchev–Trinajstić information content (AvgIpc) is 2.12. The van der Waals surface area contributed by atoms with Gasteiger partial charge in [-0.3, -0.25) is 0 Å². The predicted octanol–water partition coefficient (Wildman–Crippen LogP) is 1.34. The second kappa shape index (κ2) is 2.98. The summed E-state index contributed by atoms with van der Waals surface area (Å²) in [5.74, 6) is 1.62. The van der Waals surface area contributed by atoms with Gasteiger partial charge in [-0.2, -0.15) is 0 Å². The molecule has 4 aliphatic carbocycles. The summed E-state index contributed by atoms with van der Waals surface area (Å²) in [5, 5.41) is 10.6. The monoisotopic (exact) mass is 210 g/mol. The van der Waals surface area contributed by atoms with Crippen molar-refractivity contribution < 1.29 is 10.8 Å². The smallest absolute Gasteiger partial charge is 0.0899 e. The Morgan fingerprint density at radius 3 is 2.33 bits per heavy atom. The highest BCUT2D eigenvalue weighted by atomic mass is 16.3. The summed E-state index contributed by atoms with van der Waals surface area (Å²) in [6.45, 7) is 2.25. The van der Waals surface area contributed by atoms with Crippen molar-refractivity contribution in [3.63, 3.8) is 0 Å². The molecule has 2 nitrogen and oxygen atoms in total. The molecule has 0 unspecified atom stereocenters. The summed E-state index contributed by atoms with van der Waals surface area (Å²) in [6.07, 6.45) is 8.50. The fourth-order valence-corrected chi connectivity index (χ4v) is 5.19. The third kappa shape index (κ3) is 1.38. The molecular weight excluding hydrogens is 186 g/mol. The first-order chi connectivity index (χ1) is 7.05. The zero-order chi connectivity index (χ0) is 10.7. The van der Waals surface area contributed by atoms with Crippen molar-refractivity contribution in [1.29, 1.82) is 0 Å². The maximum absolute atomic E-state index is 10.6. The van der Waals surface area contributed by atoms with Crippen LogP contribution in [0.15, 0.2) is 0 Å². The minimum atomic E-state index is -0.296. The zero-order valence-corrected chi connectivity index (χ0v) is 9.84. The van der Waals surface area contributed by atoms with Gasteiger partial charge < -0.3 is 10.8 Å². The van der Waals surface area contributed by atoms with Gasteiger partial charge in [-0.05, 0) is 56.8 Å². The van der Waals surface area contributed by atoms with Crippen LogP contribution < -0.4 is 5.73 Å². The fourth-order valence-electron chi connectivity index (χ4n) is 5.19. The number of quaternary nitrogens is 1. The molecule has 0 aromatic rings. The first-order valence-electron chi connectivity index (χ1n) is 6.61.